The number of ether oxygens (including phenoxy) is 2. The van der Waals surface area contributed by atoms with Crippen LogP contribution in [-0.2, 0) is 4.74 Å². The van der Waals surface area contributed by atoms with Crippen LogP contribution in [0.4, 0.5) is 5.88 Å². The summed E-state index contributed by atoms with van der Waals surface area (Å²) >= 11 is 0. The minimum Gasteiger partial charge on any atom is -0.482 e. The van der Waals surface area contributed by atoms with Crippen LogP contribution in [0, 0.1) is 0 Å². The van der Waals surface area contributed by atoms with Gasteiger partial charge in [-0.1, -0.05) is 0 Å². The lowest BCUT2D eigenvalue weighted by atomic mass is 10.2. The number of anilines is 1. The van der Waals surface area contributed by atoms with E-state index in [0.717, 1.165) is 51.0 Å². The second kappa shape index (κ2) is 4.35. The van der Waals surface area contributed by atoms with E-state index in [1.807, 2.05) is 6.07 Å². The molecule has 0 spiro atoms. The molecule has 0 radical (unpaired) electrons. The first-order valence-corrected chi connectivity index (χ1v) is 5.70. The van der Waals surface area contributed by atoms with Gasteiger partial charge in [0.25, 0.3) is 0 Å². The molecule has 1 aromatic heterocycles. The van der Waals surface area contributed by atoms with Gasteiger partial charge in [-0.25, -0.2) is 0 Å². The summed E-state index contributed by atoms with van der Waals surface area (Å²) in [4.78, 5) is 2.38. The van der Waals surface area contributed by atoms with Gasteiger partial charge in [-0.15, -0.1) is 0 Å². The van der Waals surface area contributed by atoms with Gasteiger partial charge >= 0.3 is 0 Å². The molecule has 1 fully saturated rings. The third-order valence-corrected chi connectivity index (χ3v) is 2.98. The monoisotopic (exact) mass is 224 g/mol. The maximum absolute atomic E-state index is 5.84. The van der Waals surface area contributed by atoms with E-state index in [4.69, 9.17) is 13.9 Å². The van der Waals surface area contributed by atoms with Crippen molar-refractivity contribution in [3.05, 3.63) is 12.3 Å². The highest BCUT2D eigenvalue weighted by Gasteiger charge is 2.24. The molecular formula is C11H16N2O3. The summed E-state index contributed by atoms with van der Waals surface area (Å²) in [5.74, 6) is 1.57. The van der Waals surface area contributed by atoms with E-state index in [2.05, 4.69) is 10.2 Å². The van der Waals surface area contributed by atoms with E-state index in [9.17, 15) is 0 Å². The fourth-order valence-corrected chi connectivity index (χ4v) is 2.12. The first kappa shape index (κ1) is 9.99. The van der Waals surface area contributed by atoms with Crippen molar-refractivity contribution in [1.29, 1.82) is 0 Å². The van der Waals surface area contributed by atoms with E-state index < -0.39 is 0 Å². The average molecular weight is 224 g/mol. The predicted molar refractivity (Wildman–Crippen MR) is 58.9 cm³/mol. The molecule has 3 heterocycles. The Hall–Kier alpha value is -1.20. The van der Waals surface area contributed by atoms with Gasteiger partial charge in [-0.2, -0.15) is 0 Å². The molecule has 1 atom stereocenters. The summed E-state index contributed by atoms with van der Waals surface area (Å²) in [7, 11) is 0. The van der Waals surface area contributed by atoms with Gasteiger partial charge < -0.3 is 19.2 Å². The van der Waals surface area contributed by atoms with Gasteiger partial charge in [0, 0.05) is 25.7 Å². The predicted octanol–water partition coefficient (Wildman–Crippen LogP) is 0.785. The van der Waals surface area contributed by atoms with Crippen LogP contribution < -0.4 is 10.1 Å². The zero-order valence-electron chi connectivity index (χ0n) is 9.15. The topological polar surface area (TPSA) is 46.9 Å². The standard InChI is InChI=1S/C11H16N2O3/c1-4-15-11-10(1)16-9(7-12-11)8-13-2-5-14-6-3-13/h1,4,9,12H,2-3,5-8H2. The van der Waals surface area contributed by atoms with E-state index in [1.165, 1.54) is 0 Å². The van der Waals surface area contributed by atoms with Gasteiger partial charge in [-0.3, -0.25) is 4.90 Å². The molecule has 0 aliphatic carbocycles. The Kier molecular flexibility index (Phi) is 2.71. The number of fused-ring (bicyclic) bond motifs is 1. The summed E-state index contributed by atoms with van der Waals surface area (Å²) in [6, 6.07) is 1.85. The van der Waals surface area contributed by atoms with Crippen LogP contribution in [0.25, 0.3) is 0 Å². The van der Waals surface area contributed by atoms with Crippen molar-refractivity contribution in [2.75, 3.05) is 44.7 Å². The van der Waals surface area contributed by atoms with Crippen molar-refractivity contribution in [1.82, 2.24) is 4.90 Å². The van der Waals surface area contributed by atoms with E-state index >= 15 is 0 Å². The SMILES string of the molecule is c1cc2c(o1)NCC(CN1CCOCC1)O2. The Bertz CT molecular complexity index is 347. The molecule has 0 saturated carbocycles. The van der Waals surface area contributed by atoms with Crippen molar-refractivity contribution in [3.8, 4) is 5.75 Å². The number of hydrogen-bond donors (Lipinski definition) is 1. The molecule has 2 aliphatic heterocycles. The maximum atomic E-state index is 5.84. The van der Waals surface area contributed by atoms with Gasteiger partial charge in [0.05, 0.1) is 26.0 Å². The van der Waals surface area contributed by atoms with E-state index in [0.29, 0.717) is 0 Å². The first-order chi connectivity index (χ1) is 7.92. The number of nitrogens with one attached hydrogen (secondary N) is 1. The van der Waals surface area contributed by atoms with E-state index in [-0.39, 0.29) is 6.10 Å². The minimum absolute atomic E-state index is 0.197. The highest BCUT2D eigenvalue weighted by molar-refractivity contribution is 5.49. The molecule has 1 unspecified atom stereocenters. The Morgan fingerprint density at radius 1 is 1.38 bits per heavy atom. The largest absolute Gasteiger partial charge is 0.482 e. The summed E-state index contributed by atoms with van der Waals surface area (Å²) in [6.07, 6.45) is 1.85. The molecular weight excluding hydrogens is 208 g/mol. The Morgan fingerprint density at radius 3 is 3.12 bits per heavy atom. The van der Waals surface area contributed by atoms with Crippen LogP contribution in [0.15, 0.2) is 16.7 Å². The van der Waals surface area contributed by atoms with Crippen molar-refractivity contribution < 1.29 is 13.9 Å². The molecule has 2 aliphatic rings. The Balaban J connectivity index is 1.57. The molecule has 5 heteroatoms. The molecule has 3 rings (SSSR count). The molecule has 1 N–H and O–H groups in total. The summed E-state index contributed by atoms with van der Waals surface area (Å²) in [5, 5.41) is 3.23. The van der Waals surface area contributed by atoms with Gasteiger partial charge in [0.1, 0.15) is 6.10 Å². The maximum Gasteiger partial charge on any atom is 0.235 e. The molecule has 88 valence electrons. The number of hydrogen-bond acceptors (Lipinski definition) is 5. The normalized spacial score (nSPS) is 25.6. The van der Waals surface area contributed by atoms with Crippen LogP contribution in [-0.4, -0.2) is 50.4 Å². The quantitative estimate of drug-likeness (QED) is 0.804. The highest BCUT2D eigenvalue weighted by atomic mass is 16.5. The Labute approximate surface area is 94.3 Å². The average Bonchev–Trinajstić information content (AvgIpc) is 2.77. The smallest absolute Gasteiger partial charge is 0.235 e. The van der Waals surface area contributed by atoms with Crippen LogP contribution in [0.3, 0.4) is 0 Å². The van der Waals surface area contributed by atoms with Crippen LogP contribution in [0.1, 0.15) is 0 Å². The van der Waals surface area contributed by atoms with Crippen molar-refractivity contribution in [2.24, 2.45) is 0 Å². The van der Waals surface area contributed by atoms with Crippen molar-refractivity contribution >= 4 is 5.88 Å². The molecule has 5 nitrogen and oxygen atoms in total. The highest BCUT2D eigenvalue weighted by Crippen LogP contribution is 2.29. The van der Waals surface area contributed by atoms with Crippen molar-refractivity contribution in [2.45, 2.75) is 6.10 Å². The Morgan fingerprint density at radius 2 is 2.25 bits per heavy atom. The molecule has 0 amide bonds. The first-order valence-electron chi connectivity index (χ1n) is 5.70. The molecule has 1 aromatic rings. The van der Waals surface area contributed by atoms with Crippen LogP contribution in [0.5, 0.6) is 5.75 Å². The fraction of sp³-hybridized carbons (Fsp3) is 0.636. The fourth-order valence-electron chi connectivity index (χ4n) is 2.12. The third-order valence-electron chi connectivity index (χ3n) is 2.98. The summed E-state index contributed by atoms with van der Waals surface area (Å²) in [6.45, 7) is 5.41. The van der Waals surface area contributed by atoms with Gasteiger partial charge in [0.2, 0.25) is 5.88 Å². The molecule has 1 saturated heterocycles. The summed E-state index contributed by atoms with van der Waals surface area (Å²) < 4.78 is 16.4. The molecule has 16 heavy (non-hydrogen) atoms. The van der Waals surface area contributed by atoms with Gasteiger partial charge in [-0.05, 0) is 0 Å². The minimum atomic E-state index is 0.197. The lowest BCUT2D eigenvalue weighted by molar-refractivity contribution is 0.0200. The zero-order valence-corrected chi connectivity index (χ0v) is 9.15. The zero-order chi connectivity index (χ0) is 10.8. The number of morpholine rings is 1. The van der Waals surface area contributed by atoms with Gasteiger partial charge in [0.15, 0.2) is 5.75 Å². The lowest BCUT2D eigenvalue weighted by Gasteiger charge is -2.32. The molecule has 0 aromatic carbocycles. The second-order valence-electron chi connectivity index (χ2n) is 4.15. The van der Waals surface area contributed by atoms with Crippen molar-refractivity contribution in [3.63, 3.8) is 0 Å². The lowest BCUT2D eigenvalue weighted by Crippen LogP contribution is -2.45. The molecule has 0 bridgehead atoms. The van der Waals surface area contributed by atoms with Crippen LogP contribution in [0.2, 0.25) is 0 Å². The number of rotatable bonds is 2. The van der Waals surface area contributed by atoms with E-state index in [1.54, 1.807) is 6.26 Å². The summed E-state index contributed by atoms with van der Waals surface area (Å²) in [5.41, 5.74) is 0. The number of nitrogens with zero attached hydrogens (tertiary/aromatic N) is 1. The second-order valence-corrected chi connectivity index (χ2v) is 4.15. The third kappa shape index (κ3) is 2.01. The number of furan rings is 1. The van der Waals surface area contributed by atoms with Crippen LogP contribution >= 0.6 is 0 Å².